The van der Waals surface area contributed by atoms with Crippen molar-refractivity contribution in [2.45, 2.75) is 23.4 Å². The summed E-state index contributed by atoms with van der Waals surface area (Å²) < 4.78 is 6.48. The lowest BCUT2D eigenvalue weighted by atomic mass is 10.2. The van der Waals surface area contributed by atoms with E-state index < -0.39 is 5.91 Å². The maximum Gasteiger partial charge on any atom is 0.236 e. The number of amides is 3. The van der Waals surface area contributed by atoms with Crippen molar-refractivity contribution in [1.29, 1.82) is 0 Å². The normalized spacial score (nSPS) is 16.2. The van der Waals surface area contributed by atoms with Crippen LogP contribution in [0.5, 0.6) is 0 Å². The highest BCUT2D eigenvalue weighted by molar-refractivity contribution is 8.01. The molecular formula is C21H25Cl2N5O4S2. The molecule has 9 nitrogen and oxygen atoms in total. The molecule has 1 fully saturated rings. The summed E-state index contributed by atoms with van der Waals surface area (Å²) in [5, 5.41) is 8.14. The molecule has 1 aliphatic rings. The highest BCUT2D eigenvalue weighted by atomic mass is 35.5. The summed E-state index contributed by atoms with van der Waals surface area (Å²) in [6.07, 6.45) is -0.0512. The van der Waals surface area contributed by atoms with Gasteiger partial charge in [0.05, 0.1) is 47.2 Å². The van der Waals surface area contributed by atoms with Crippen LogP contribution in [-0.2, 0) is 32.1 Å². The summed E-state index contributed by atoms with van der Waals surface area (Å²) in [6.45, 7) is 3.02. The number of halogens is 2. The van der Waals surface area contributed by atoms with Gasteiger partial charge in [-0.15, -0.1) is 11.3 Å². The first-order valence-electron chi connectivity index (χ1n) is 10.4. The van der Waals surface area contributed by atoms with Crippen LogP contribution in [0.2, 0.25) is 10.0 Å². The number of rotatable bonds is 11. The highest BCUT2D eigenvalue weighted by Gasteiger charge is 2.21. The van der Waals surface area contributed by atoms with Crippen molar-refractivity contribution in [2.24, 2.45) is 5.73 Å². The Morgan fingerprint density at radius 3 is 2.82 bits per heavy atom. The number of hydrogen-bond acceptors (Lipinski definition) is 8. The van der Waals surface area contributed by atoms with Gasteiger partial charge in [-0.3, -0.25) is 19.3 Å². The number of hydrogen-bond donors (Lipinski definition) is 3. The van der Waals surface area contributed by atoms with Gasteiger partial charge in [-0.1, -0.05) is 41.0 Å². The molecule has 3 rings (SSSR count). The van der Waals surface area contributed by atoms with E-state index in [1.165, 1.54) is 23.1 Å². The van der Waals surface area contributed by atoms with Gasteiger partial charge >= 0.3 is 0 Å². The number of aromatic nitrogens is 1. The molecule has 1 atom stereocenters. The van der Waals surface area contributed by atoms with Crippen LogP contribution in [0.15, 0.2) is 27.9 Å². The lowest BCUT2D eigenvalue weighted by molar-refractivity contribution is -0.124. The molecule has 1 aliphatic heterocycles. The van der Waals surface area contributed by atoms with E-state index in [0.717, 1.165) is 18.7 Å². The average Bonchev–Trinajstić information content (AvgIpc) is 3.25. The van der Waals surface area contributed by atoms with Gasteiger partial charge in [-0.2, -0.15) is 0 Å². The number of nitrogens with two attached hydrogens (primary N) is 1. The van der Waals surface area contributed by atoms with E-state index in [1.807, 2.05) is 12.1 Å². The van der Waals surface area contributed by atoms with Crippen molar-refractivity contribution in [2.75, 3.05) is 38.5 Å². The Bertz CT molecular complexity index is 1020. The molecule has 2 aromatic rings. The fraction of sp³-hybridized carbons (Fsp3) is 0.429. The van der Waals surface area contributed by atoms with Crippen molar-refractivity contribution in [3.63, 3.8) is 0 Å². The minimum atomic E-state index is -0.605. The Labute approximate surface area is 215 Å². The molecule has 0 aliphatic carbocycles. The molecule has 1 unspecified atom stereocenters. The first-order valence-corrected chi connectivity index (χ1v) is 13.1. The van der Waals surface area contributed by atoms with Gasteiger partial charge in [0, 0.05) is 31.6 Å². The summed E-state index contributed by atoms with van der Waals surface area (Å²) in [6, 6.07) is 5.61. The SMILES string of the molecule is NC(=O)CNC(=O)Cc1csc(SCC(=O)NCC2CN(Cc3ccc(Cl)c(Cl)c3)CCO2)n1. The van der Waals surface area contributed by atoms with Crippen LogP contribution in [0, 0.1) is 0 Å². The predicted molar refractivity (Wildman–Crippen MR) is 133 cm³/mol. The van der Waals surface area contributed by atoms with Crippen LogP contribution >= 0.6 is 46.3 Å². The number of ether oxygens (including phenoxy) is 1. The fourth-order valence-electron chi connectivity index (χ4n) is 3.20. The Balaban J connectivity index is 1.36. The summed E-state index contributed by atoms with van der Waals surface area (Å²) in [4.78, 5) is 41.3. The number of primary amides is 1. The van der Waals surface area contributed by atoms with Gasteiger partial charge in [-0.25, -0.2) is 4.98 Å². The highest BCUT2D eigenvalue weighted by Crippen LogP contribution is 2.24. The molecular weight excluding hydrogens is 521 g/mol. The van der Waals surface area contributed by atoms with Crippen LogP contribution in [0.4, 0.5) is 0 Å². The standard InChI is InChI=1S/C21H25Cl2N5O4S2/c22-16-2-1-13(5-17(16)23)9-28-3-4-32-15(10-28)7-25-20(31)12-34-21-27-14(11-33-21)6-19(30)26-8-18(24)29/h1-2,5,11,15H,3-4,6-10,12H2,(H2,24,29)(H,25,31)(H,26,30). The molecule has 0 bridgehead atoms. The van der Waals surface area contributed by atoms with Crippen molar-refractivity contribution >= 4 is 64.0 Å². The summed E-state index contributed by atoms with van der Waals surface area (Å²) in [7, 11) is 0. The Morgan fingerprint density at radius 1 is 1.24 bits per heavy atom. The molecule has 184 valence electrons. The van der Waals surface area contributed by atoms with Gasteiger partial charge in [0.2, 0.25) is 17.7 Å². The number of carbonyl (C=O) groups excluding carboxylic acids is 3. The molecule has 1 aromatic heterocycles. The number of thioether (sulfide) groups is 1. The second kappa shape index (κ2) is 13.3. The zero-order valence-corrected chi connectivity index (χ0v) is 21.4. The lowest BCUT2D eigenvalue weighted by Gasteiger charge is -2.33. The van der Waals surface area contributed by atoms with E-state index in [2.05, 4.69) is 20.5 Å². The van der Waals surface area contributed by atoms with E-state index in [9.17, 15) is 14.4 Å². The molecule has 1 saturated heterocycles. The van der Waals surface area contributed by atoms with E-state index in [1.54, 1.807) is 11.4 Å². The van der Waals surface area contributed by atoms with Crippen molar-refractivity contribution in [1.82, 2.24) is 20.5 Å². The van der Waals surface area contributed by atoms with Gasteiger partial charge in [0.1, 0.15) is 0 Å². The monoisotopic (exact) mass is 545 g/mol. The largest absolute Gasteiger partial charge is 0.374 e. The zero-order chi connectivity index (χ0) is 24.5. The maximum absolute atomic E-state index is 12.3. The van der Waals surface area contributed by atoms with E-state index in [0.29, 0.717) is 39.8 Å². The summed E-state index contributed by atoms with van der Waals surface area (Å²) in [5.74, 6) is -0.850. The topological polar surface area (TPSA) is 127 Å². The minimum Gasteiger partial charge on any atom is -0.374 e. The number of carbonyl (C=O) groups is 3. The van der Waals surface area contributed by atoms with Crippen molar-refractivity contribution < 1.29 is 19.1 Å². The number of nitrogens with one attached hydrogen (secondary N) is 2. The molecule has 13 heteroatoms. The van der Waals surface area contributed by atoms with Gasteiger partial charge < -0.3 is 21.1 Å². The molecule has 34 heavy (non-hydrogen) atoms. The number of benzene rings is 1. The van der Waals surface area contributed by atoms with Crippen molar-refractivity contribution in [3.05, 3.63) is 44.9 Å². The third-order valence-corrected chi connectivity index (χ3v) is 7.61. The van der Waals surface area contributed by atoms with Crippen LogP contribution in [-0.4, -0.2) is 72.2 Å². The predicted octanol–water partition coefficient (Wildman–Crippen LogP) is 1.70. The first-order chi connectivity index (χ1) is 16.3. The smallest absolute Gasteiger partial charge is 0.236 e. The first kappa shape index (κ1) is 26.7. The van der Waals surface area contributed by atoms with E-state index >= 15 is 0 Å². The lowest BCUT2D eigenvalue weighted by Crippen LogP contribution is -2.47. The third-order valence-electron chi connectivity index (χ3n) is 4.80. The number of nitrogens with zero attached hydrogens (tertiary/aromatic N) is 2. The third kappa shape index (κ3) is 9.05. The van der Waals surface area contributed by atoms with Crippen LogP contribution in [0.3, 0.4) is 0 Å². The molecule has 0 spiro atoms. The molecule has 0 saturated carbocycles. The number of morpholine rings is 1. The molecule has 1 aromatic carbocycles. The van der Waals surface area contributed by atoms with Crippen molar-refractivity contribution in [3.8, 4) is 0 Å². The second-order valence-corrected chi connectivity index (χ2v) is 10.5. The van der Waals surface area contributed by atoms with Gasteiger partial charge in [-0.05, 0) is 17.7 Å². The molecule has 2 heterocycles. The fourth-order valence-corrected chi connectivity index (χ4v) is 5.19. The molecule has 3 amide bonds. The van der Waals surface area contributed by atoms with Crippen LogP contribution in [0.1, 0.15) is 11.3 Å². The minimum absolute atomic E-state index is 0.0499. The van der Waals surface area contributed by atoms with E-state index in [-0.39, 0.29) is 36.6 Å². The Hall–Kier alpha value is -1.89. The summed E-state index contributed by atoms with van der Waals surface area (Å²) in [5.41, 5.74) is 6.65. The zero-order valence-electron chi connectivity index (χ0n) is 18.2. The van der Waals surface area contributed by atoms with Gasteiger partial charge in [0.15, 0.2) is 4.34 Å². The Kier molecular flexibility index (Phi) is 10.4. The van der Waals surface area contributed by atoms with E-state index in [4.69, 9.17) is 33.7 Å². The van der Waals surface area contributed by atoms with Crippen LogP contribution < -0.4 is 16.4 Å². The second-order valence-electron chi connectivity index (χ2n) is 7.59. The average molecular weight is 547 g/mol. The molecule has 4 N–H and O–H groups in total. The van der Waals surface area contributed by atoms with Gasteiger partial charge in [0.25, 0.3) is 0 Å². The summed E-state index contributed by atoms with van der Waals surface area (Å²) >= 11 is 14.7. The Morgan fingerprint density at radius 2 is 2.06 bits per heavy atom. The number of thiazole rings is 1. The maximum atomic E-state index is 12.3. The van der Waals surface area contributed by atoms with Crippen LogP contribution in [0.25, 0.3) is 0 Å². The quantitative estimate of drug-likeness (QED) is 0.366. The molecule has 0 radical (unpaired) electrons.